The highest BCUT2D eigenvalue weighted by molar-refractivity contribution is 6.01. The molecule has 32 heavy (non-hydrogen) atoms. The zero-order valence-electron chi connectivity index (χ0n) is 18.6. The van der Waals surface area contributed by atoms with Gasteiger partial charge >= 0.3 is 0 Å². The maximum absolute atomic E-state index is 13.3. The highest BCUT2D eigenvalue weighted by Crippen LogP contribution is 2.29. The molecule has 0 aromatic carbocycles. The number of pyridine rings is 1. The fraction of sp³-hybridized carbons (Fsp3) is 0.522. The van der Waals surface area contributed by atoms with Gasteiger partial charge in [-0.05, 0) is 37.8 Å². The lowest BCUT2D eigenvalue weighted by Gasteiger charge is -2.43. The minimum Gasteiger partial charge on any atom is -0.351 e. The van der Waals surface area contributed by atoms with E-state index in [4.69, 9.17) is 0 Å². The van der Waals surface area contributed by atoms with Gasteiger partial charge in [-0.15, -0.1) is 0 Å². The number of carbonyl (C=O) groups excluding carboxylic acids is 3. The third-order valence-electron chi connectivity index (χ3n) is 6.33. The van der Waals surface area contributed by atoms with Gasteiger partial charge in [-0.2, -0.15) is 5.10 Å². The number of carbonyl (C=O) groups is 3. The van der Waals surface area contributed by atoms with Gasteiger partial charge in [-0.25, -0.2) is 0 Å². The van der Waals surface area contributed by atoms with Crippen molar-refractivity contribution < 1.29 is 14.4 Å². The van der Waals surface area contributed by atoms with Crippen molar-refractivity contribution in [3.63, 3.8) is 0 Å². The zero-order valence-corrected chi connectivity index (χ0v) is 18.6. The Hall–Kier alpha value is -3.23. The van der Waals surface area contributed by atoms with Gasteiger partial charge in [0.25, 0.3) is 11.8 Å². The Bertz CT molecular complexity index is 998. The molecule has 0 radical (unpaired) electrons. The number of amides is 3. The van der Waals surface area contributed by atoms with Crippen LogP contribution >= 0.6 is 0 Å². The molecule has 3 amide bonds. The summed E-state index contributed by atoms with van der Waals surface area (Å²) in [4.78, 5) is 44.9. The molecule has 1 fully saturated rings. The molecule has 0 bridgehead atoms. The standard InChI is InChI=1S/C23H30N6O3/c1-3-11-28-21(31)19-12-18(20(30)25-14-16-7-6-10-24-13-16)27-29(19)15-23(28,2)22(32)26-17-8-4-5-9-17/h6-7,10,12-13,17H,3-5,8-9,11,14-15H2,1-2H3,(H,25,30)(H,26,32). The van der Waals surface area contributed by atoms with Crippen molar-refractivity contribution in [2.24, 2.45) is 0 Å². The van der Waals surface area contributed by atoms with E-state index in [9.17, 15) is 14.4 Å². The third-order valence-corrected chi connectivity index (χ3v) is 6.33. The second-order valence-corrected chi connectivity index (χ2v) is 8.80. The number of fused-ring (bicyclic) bond motifs is 1. The van der Waals surface area contributed by atoms with Crippen LogP contribution in [-0.4, -0.2) is 55.5 Å². The SMILES string of the molecule is CCCN1C(=O)c2cc(C(=O)NCc3cccnc3)nn2CC1(C)C(=O)NC1CCCC1. The summed E-state index contributed by atoms with van der Waals surface area (Å²) in [6.07, 6.45) is 8.24. The minimum absolute atomic E-state index is 0.157. The summed E-state index contributed by atoms with van der Waals surface area (Å²) in [6.45, 7) is 4.75. The van der Waals surface area contributed by atoms with Gasteiger partial charge in [0.2, 0.25) is 5.91 Å². The van der Waals surface area contributed by atoms with Crippen LogP contribution in [0, 0.1) is 0 Å². The third kappa shape index (κ3) is 4.24. The highest BCUT2D eigenvalue weighted by Gasteiger charge is 2.48. The van der Waals surface area contributed by atoms with Crippen molar-refractivity contribution in [3.8, 4) is 0 Å². The zero-order chi connectivity index (χ0) is 22.7. The first-order chi connectivity index (χ1) is 15.4. The average Bonchev–Trinajstić information content (AvgIpc) is 3.45. The second kappa shape index (κ2) is 9.10. The molecule has 1 aliphatic heterocycles. The quantitative estimate of drug-likeness (QED) is 0.686. The van der Waals surface area contributed by atoms with E-state index in [1.165, 1.54) is 10.7 Å². The van der Waals surface area contributed by atoms with Crippen molar-refractivity contribution in [1.82, 2.24) is 30.3 Å². The summed E-state index contributed by atoms with van der Waals surface area (Å²) in [5.41, 5.74) is 0.300. The number of nitrogens with zero attached hydrogens (tertiary/aromatic N) is 4. The average molecular weight is 439 g/mol. The van der Waals surface area contributed by atoms with E-state index in [2.05, 4.69) is 20.7 Å². The summed E-state index contributed by atoms with van der Waals surface area (Å²) in [5.74, 6) is -0.807. The van der Waals surface area contributed by atoms with E-state index in [0.29, 0.717) is 18.8 Å². The van der Waals surface area contributed by atoms with Gasteiger partial charge in [-0.1, -0.05) is 25.8 Å². The molecule has 2 N–H and O–H groups in total. The highest BCUT2D eigenvalue weighted by atomic mass is 16.2. The van der Waals surface area contributed by atoms with Crippen molar-refractivity contribution in [3.05, 3.63) is 47.5 Å². The fourth-order valence-electron chi connectivity index (χ4n) is 4.51. The maximum Gasteiger partial charge on any atom is 0.273 e. The lowest BCUT2D eigenvalue weighted by Crippen LogP contribution is -2.65. The predicted molar refractivity (Wildman–Crippen MR) is 118 cm³/mol. The van der Waals surface area contributed by atoms with Crippen LogP contribution in [0.1, 0.15) is 72.5 Å². The maximum atomic E-state index is 13.3. The van der Waals surface area contributed by atoms with E-state index in [1.807, 2.05) is 13.0 Å². The lowest BCUT2D eigenvalue weighted by molar-refractivity contribution is -0.133. The first-order valence-electron chi connectivity index (χ1n) is 11.3. The Morgan fingerprint density at radius 3 is 2.75 bits per heavy atom. The smallest absolute Gasteiger partial charge is 0.273 e. The molecular formula is C23H30N6O3. The first-order valence-corrected chi connectivity index (χ1v) is 11.3. The largest absolute Gasteiger partial charge is 0.351 e. The van der Waals surface area contributed by atoms with Crippen LogP contribution in [0.4, 0.5) is 0 Å². The molecule has 3 heterocycles. The molecular weight excluding hydrogens is 408 g/mol. The molecule has 1 unspecified atom stereocenters. The van der Waals surface area contributed by atoms with Crippen molar-refractivity contribution in [1.29, 1.82) is 0 Å². The number of hydrogen-bond acceptors (Lipinski definition) is 5. The molecule has 2 aromatic heterocycles. The van der Waals surface area contributed by atoms with E-state index >= 15 is 0 Å². The summed E-state index contributed by atoms with van der Waals surface area (Å²) < 4.78 is 1.50. The second-order valence-electron chi connectivity index (χ2n) is 8.80. The first kappa shape index (κ1) is 22.0. The Morgan fingerprint density at radius 1 is 1.28 bits per heavy atom. The molecule has 1 atom stereocenters. The summed E-state index contributed by atoms with van der Waals surface area (Å²) in [5, 5.41) is 10.3. The Kier molecular flexibility index (Phi) is 6.25. The van der Waals surface area contributed by atoms with Gasteiger partial charge in [0.05, 0.1) is 6.54 Å². The summed E-state index contributed by atoms with van der Waals surface area (Å²) in [6, 6.07) is 5.34. The van der Waals surface area contributed by atoms with Crippen LogP contribution in [0.3, 0.4) is 0 Å². The molecule has 170 valence electrons. The molecule has 9 nitrogen and oxygen atoms in total. The minimum atomic E-state index is -1.06. The Balaban J connectivity index is 1.54. The summed E-state index contributed by atoms with van der Waals surface area (Å²) >= 11 is 0. The lowest BCUT2D eigenvalue weighted by atomic mass is 9.94. The molecule has 0 saturated heterocycles. The van der Waals surface area contributed by atoms with Gasteiger partial charge in [-0.3, -0.25) is 24.0 Å². The molecule has 0 spiro atoms. The number of aromatic nitrogens is 3. The van der Waals surface area contributed by atoms with E-state index in [1.54, 1.807) is 30.3 Å². The molecule has 4 rings (SSSR count). The summed E-state index contributed by atoms with van der Waals surface area (Å²) in [7, 11) is 0. The van der Waals surface area contributed by atoms with Crippen LogP contribution < -0.4 is 10.6 Å². The van der Waals surface area contributed by atoms with E-state index in [0.717, 1.165) is 37.7 Å². The number of hydrogen-bond donors (Lipinski definition) is 2. The van der Waals surface area contributed by atoms with Crippen molar-refractivity contribution >= 4 is 17.7 Å². The Labute approximate surface area is 187 Å². The molecule has 2 aliphatic rings. The van der Waals surface area contributed by atoms with Crippen molar-refractivity contribution in [2.45, 2.75) is 70.6 Å². The van der Waals surface area contributed by atoms with Crippen LogP contribution in [0.15, 0.2) is 30.6 Å². The molecule has 9 heteroatoms. The van der Waals surface area contributed by atoms with Crippen LogP contribution in [0.2, 0.25) is 0 Å². The van der Waals surface area contributed by atoms with Crippen LogP contribution in [0.25, 0.3) is 0 Å². The van der Waals surface area contributed by atoms with E-state index in [-0.39, 0.29) is 36.0 Å². The van der Waals surface area contributed by atoms with Gasteiger partial charge in [0.15, 0.2) is 5.69 Å². The van der Waals surface area contributed by atoms with Crippen LogP contribution in [-0.2, 0) is 17.9 Å². The number of rotatable bonds is 7. The monoisotopic (exact) mass is 438 g/mol. The number of nitrogens with one attached hydrogen (secondary N) is 2. The van der Waals surface area contributed by atoms with Gasteiger partial charge in [0.1, 0.15) is 11.2 Å². The Morgan fingerprint density at radius 2 is 2.06 bits per heavy atom. The van der Waals surface area contributed by atoms with Gasteiger partial charge < -0.3 is 15.5 Å². The molecule has 1 saturated carbocycles. The fourth-order valence-corrected chi connectivity index (χ4v) is 4.51. The topological polar surface area (TPSA) is 109 Å². The van der Waals surface area contributed by atoms with Crippen LogP contribution in [0.5, 0.6) is 0 Å². The predicted octanol–water partition coefficient (Wildman–Crippen LogP) is 1.89. The van der Waals surface area contributed by atoms with E-state index < -0.39 is 5.54 Å². The molecule has 2 aromatic rings. The van der Waals surface area contributed by atoms with Gasteiger partial charge in [0, 0.05) is 37.6 Å². The molecule has 1 aliphatic carbocycles. The van der Waals surface area contributed by atoms with Crippen molar-refractivity contribution in [2.75, 3.05) is 6.54 Å². The normalized spacial score (nSPS) is 20.8.